The predicted molar refractivity (Wildman–Crippen MR) is 76.6 cm³/mol. The number of hydrogen-bond donors (Lipinski definition) is 0. The van der Waals surface area contributed by atoms with Crippen LogP contribution in [0.2, 0.25) is 0 Å². The summed E-state index contributed by atoms with van der Waals surface area (Å²) in [6.45, 7) is 0. The van der Waals surface area contributed by atoms with Crippen LogP contribution in [0.3, 0.4) is 0 Å². The van der Waals surface area contributed by atoms with E-state index >= 15 is 0 Å². The van der Waals surface area contributed by atoms with Gasteiger partial charge >= 0.3 is 0 Å². The number of fused-ring (bicyclic) bond motifs is 3. The maximum Gasteiger partial charge on any atom is 0.0715 e. The zero-order valence-electron chi connectivity index (χ0n) is 10.5. The Labute approximate surface area is 111 Å². The zero-order valence-corrected chi connectivity index (χ0v) is 10.5. The van der Waals surface area contributed by atoms with Gasteiger partial charge in [-0.2, -0.15) is 0 Å². The quantitative estimate of drug-likeness (QED) is 0.674. The lowest BCUT2D eigenvalue weighted by Gasteiger charge is -2.08. The van der Waals surface area contributed by atoms with Gasteiger partial charge in [0.1, 0.15) is 0 Å². The molecular weight excluding hydrogens is 230 g/mol. The molecule has 1 nitrogen and oxygen atoms in total. The Morgan fingerprint density at radius 2 is 1.53 bits per heavy atom. The van der Waals surface area contributed by atoms with Crippen molar-refractivity contribution in [2.45, 2.75) is 6.42 Å². The zero-order chi connectivity index (χ0) is 12.7. The molecule has 1 aliphatic carbocycles. The van der Waals surface area contributed by atoms with Gasteiger partial charge in [0.05, 0.1) is 11.1 Å². The van der Waals surface area contributed by atoms with Gasteiger partial charge in [0, 0.05) is 5.22 Å². The van der Waals surface area contributed by atoms with Crippen LogP contribution in [0.1, 0.15) is 6.42 Å². The van der Waals surface area contributed by atoms with E-state index in [1.54, 1.807) is 0 Å². The molecular formula is C18H13N. The van der Waals surface area contributed by atoms with Gasteiger partial charge in [-0.15, -0.1) is 0 Å². The van der Waals surface area contributed by atoms with Gasteiger partial charge in [-0.05, 0) is 34.6 Å². The number of benzene rings is 2. The van der Waals surface area contributed by atoms with Crippen LogP contribution in [0.25, 0.3) is 5.57 Å². The van der Waals surface area contributed by atoms with Crippen LogP contribution in [0.4, 0.5) is 0 Å². The van der Waals surface area contributed by atoms with Crippen molar-refractivity contribution < 1.29 is 0 Å². The molecule has 0 N–H and O–H groups in total. The van der Waals surface area contributed by atoms with Crippen molar-refractivity contribution in [2.75, 3.05) is 0 Å². The third kappa shape index (κ3) is 1.59. The van der Waals surface area contributed by atoms with Crippen molar-refractivity contribution >= 4 is 5.57 Å². The Bertz CT molecular complexity index is 930. The number of allylic oxidation sites excluding steroid dienone is 4. The van der Waals surface area contributed by atoms with E-state index in [9.17, 15) is 0 Å². The summed E-state index contributed by atoms with van der Waals surface area (Å²) in [6, 6.07) is 17.0. The Balaban J connectivity index is 2.39. The number of para-hydroxylation sites is 1. The van der Waals surface area contributed by atoms with Gasteiger partial charge in [-0.3, -0.25) is 0 Å². The van der Waals surface area contributed by atoms with Crippen molar-refractivity contribution in [3.05, 3.63) is 93.5 Å². The third-order valence-electron chi connectivity index (χ3n) is 3.71. The topological polar surface area (TPSA) is 12.4 Å². The molecule has 0 saturated carbocycles. The lowest BCUT2D eigenvalue weighted by molar-refractivity contribution is 1.21. The average Bonchev–Trinajstić information content (AvgIpc) is 2.62. The van der Waals surface area contributed by atoms with E-state index in [4.69, 9.17) is 4.99 Å². The number of rotatable bonds is 0. The predicted octanol–water partition coefficient (Wildman–Crippen LogP) is 2.60. The average molecular weight is 243 g/mol. The van der Waals surface area contributed by atoms with Gasteiger partial charge in [0.15, 0.2) is 0 Å². The van der Waals surface area contributed by atoms with Crippen LogP contribution >= 0.6 is 0 Å². The van der Waals surface area contributed by atoms with E-state index in [-0.39, 0.29) is 0 Å². The molecule has 19 heavy (non-hydrogen) atoms. The molecule has 0 bridgehead atoms. The van der Waals surface area contributed by atoms with Crippen molar-refractivity contribution in [2.24, 2.45) is 4.99 Å². The molecule has 2 aromatic rings. The second-order valence-electron chi connectivity index (χ2n) is 4.84. The summed E-state index contributed by atoms with van der Waals surface area (Å²) >= 11 is 0. The summed E-state index contributed by atoms with van der Waals surface area (Å²) < 4.78 is 0. The molecule has 2 aliphatic rings. The summed E-state index contributed by atoms with van der Waals surface area (Å²) in [4.78, 5) is 4.85. The lowest BCUT2D eigenvalue weighted by atomic mass is 10.0. The second-order valence-corrected chi connectivity index (χ2v) is 4.84. The SMILES string of the molecule is C1=CCC2=c3ccccc3=c3ccccc3=NC2=C1. The van der Waals surface area contributed by atoms with Crippen LogP contribution in [0.15, 0.2) is 77.4 Å². The molecule has 2 aromatic carbocycles. The highest BCUT2D eigenvalue weighted by atomic mass is 14.7. The van der Waals surface area contributed by atoms with Crippen LogP contribution < -0.4 is 10.6 Å². The van der Waals surface area contributed by atoms with E-state index in [2.05, 4.69) is 66.8 Å². The van der Waals surface area contributed by atoms with Crippen molar-refractivity contribution in [1.29, 1.82) is 0 Å². The van der Waals surface area contributed by atoms with Gasteiger partial charge in [-0.1, -0.05) is 54.6 Å². The molecule has 1 aliphatic heterocycles. The Kier molecular flexibility index (Phi) is 2.25. The molecule has 0 radical (unpaired) electrons. The molecule has 0 unspecified atom stereocenters. The maximum atomic E-state index is 4.85. The largest absolute Gasteiger partial charge is 0.248 e. The monoisotopic (exact) mass is 243 g/mol. The first-order valence-corrected chi connectivity index (χ1v) is 6.57. The molecule has 0 spiro atoms. The minimum atomic E-state index is 0.959. The van der Waals surface area contributed by atoms with Crippen molar-refractivity contribution in [3.63, 3.8) is 0 Å². The van der Waals surface area contributed by atoms with Gasteiger partial charge < -0.3 is 0 Å². The summed E-state index contributed by atoms with van der Waals surface area (Å²) in [7, 11) is 0. The van der Waals surface area contributed by atoms with Crippen LogP contribution in [-0.4, -0.2) is 0 Å². The maximum absolute atomic E-state index is 4.85. The number of nitrogens with zero attached hydrogens (tertiary/aromatic N) is 1. The number of hydrogen-bond acceptors (Lipinski definition) is 1. The highest BCUT2D eigenvalue weighted by molar-refractivity contribution is 5.68. The third-order valence-corrected chi connectivity index (χ3v) is 3.71. The van der Waals surface area contributed by atoms with E-state index in [1.807, 2.05) is 0 Å². The van der Waals surface area contributed by atoms with Crippen molar-refractivity contribution in [1.82, 2.24) is 0 Å². The molecule has 90 valence electrons. The van der Waals surface area contributed by atoms with E-state index in [1.165, 1.54) is 21.2 Å². The summed E-state index contributed by atoms with van der Waals surface area (Å²) in [6.07, 6.45) is 7.36. The van der Waals surface area contributed by atoms with Gasteiger partial charge in [0.2, 0.25) is 0 Å². The summed E-state index contributed by atoms with van der Waals surface area (Å²) in [5.74, 6) is 0. The fourth-order valence-electron chi connectivity index (χ4n) is 2.81. The Morgan fingerprint density at radius 1 is 0.789 bits per heavy atom. The smallest absolute Gasteiger partial charge is 0.0715 e. The Morgan fingerprint density at radius 3 is 2.42 bits per heavy atom. The second kappa shape index (κ2) is 4.06. The van der Waals surface area contributed by atoms with E-state index < -0.39 is 0 Å². The molecule has 0 saturated heterocycles. The minimum absolute atomic E-state index is 0.959. The molecule has 0 atom stereocenters. The molecule has 0 fully saturated rings. The first kappa shape index (κ1) is 10.5. The molecule has 1 heteroatoms. The van der Waals surface area contributed by atoms with E-state index in [0.29, 0.717) is 0 Å². The first-order chi connectivity index (χ1) is 9.43. The Hall–Kier alpha value is -2.41. The molecule has 4 rings (SSSR count). The normalized spacial score (nSPS) is 15.6. The summed E-state index contributed by atoms with van der Waals surface area (Å²) in [5, 5.41) is 4.88. The lowest BCUT2D eigenvalue weighted by Crippen LogP contribution is -2.09. The fourth-order valence-corrected chi connectivity index (χ4v) is 2.81. The fraction of sp³-hybridized carbons (Fsp3) is 0.0556. The summed E-state index contributed by atoms with van der Waals surface area (Å²) in [5.41, 5.74) is 2.43. The highest BCUT2D eigenvalue weighted by Crippen LogP contribution is 2.21. The van der Waals surface area contributed by atoms with Crippen LogP contribution in [-0.2, 0) is 0 Å². The highest BCUT2D eigenvalue weighted by Gasteiger charge is 2.09. The minimum Gasteiger partial charge on any atom is -0.248 e. The van der Waals surface area contributed by atoms with E-state index in [0.717, 1.165) is 17.5 Å². The first-order valence-electron chi connectivity index (χ1n) is 6.57. The molecule has 0 aromatic heterocycles. The van der Waals surface area contributed by atoms with Gasteiger partial charge in [-0.25, -0.2) is 4.99 Å². The molecule has 1 heterocycles. The van der Waals surface area contributed by atoms with Gasteiger partial charge in [0.25, 0.3) is 0 Å². The van der Waals surface area contributed by atoms with Crippen LogP contribution in [0.5, 0.6) is 0 Å². The molecule has 0 amide bonds. The standard InChI is InChI=1S/C18H13N/c1-2-8-14-13(7-1)15-9-3-5-11-17(15)19-18-12-6-4-10-16(14)18/h1-9,11-12H,10H2. The van der Waals surface area contributed by atoms with Crippen molar-refractivity contribution in [3.8, 4) is 0 Å². The van der Waals surface area contributed by atoms with Crippen LogP contribution in [0, 0.1) is 10.4 Å².